The molecule has 246 valence electrons. The number of sulfonamides is 1. The number of nitrogens with one attached hydrogen (secondary N) is 2. The van der Waals surface area contributed by atoms with Crippen LogP contribution in [0, 0.1) is 5.82 Å². The summed E-state index contributed by atoms with van der Waals surface area (Å²) in [6.07, 6.45) is 0. The minimum absolute atomic E-state index is 0.0602. The van der Waals surface area contributed by atoms with Crippen LogP contribution in [0.3, 0.4) is 0 Å². The van der Waals surface area contributed by atoms with Crippen molar-refractivity contribution in [2.24, 2.45) is 0 Å². The van der Waals surface area contributed by atoms with Crippen LogP contribution in [0.25, 0.3) is 0 Å². The Morgan fingerprint density at radius 3 is 2.10 bits per heavy atom. The van der Waals surface area contributed by atoms with E-state index in [1.54, 1.807) is 66.7 Å². The van der Waals surface area contributed by atoms with Crippen molar-refractivity contribution in [1.29, 1.82) is 0 Å². The molecule has 2 N–H and O–H groups in total. The Balaban J connectivity index is 1.36. The first-order valence-corrected chi connectivity index (χ1v) is 16.9. The number of halogens is 3. The van der Waals surface area contributed by atoms with Gasteiger partial charge in [0.2, 0.25) is 5.91 Å². The van der Waals surface area contributed by atoms with Gasteiger partial charge < -0.3 is 15.0 Å². The molecule has 0 heterocycles. The van der Waals surface area contributed by atoms with Crippen molar-refractivity contribution < 1.29 is 27.1 Å². The molecule has 0 saturated heterocycles. The Bertz CT molecular complexity index is 1960. The Labute approximate surface area is 288 Å². The fourth-order valence-electron chi connectivity index (χ4n) is 4.81. The standard InChI is InChI=1S/C36H30Cl2FN3O5S/c37-28-12-10-25(11-13-28)23-42(35(26-6-2-1-3-7-26)36(44)40-22-27-8-4-5-9-33(27)38)34(43)24-47-31-18-20-32(21-19-31)48(45,46)41-30-16-14-29(39)15-17-30/h1-21,35,41H,22-24H2,(H,40,44). The fourth-order valence-corrected chi connectivity index (χ4v) is 6.20. The Hall–Kier alpha value is -4.90. The number of ether oxygens (including phenoxy) is 1. The molecule has 12 heteroatoms. The van der Waals surface area contributed by atoms with Gasteiger partial charge in [-0.3, -0.25) is 14.3 Å². The molecular formula is C36H30Cl2FN3O5S. The maximum Gasteiger partial charge on any atom is 0.261 e. The van der Waals surface area contributed by atoms with E-state index in [2.05, 4.69) is 10.0 Å². The van der Waals surface area contributed by atoms with Gasteiger partial charge in [0.05, 0.1) is 4.90 Å². The molecule has 5 rings (SSSR count). The van der Waals surface area contributed by atoms with E-state index >= 15 is 0 Å². The molecule has 1 unspecified atom stereocenters. The highest BCUT2D eigenvalue weighted by Gasteiger charge is 2.32. The number of carbonyl (C=O) groups excluding carboxylic acids is 2. The molecule has 0 fully saturated rings. The summed E-state index contributed by atoms with van der Waals surface area (Å²) in [5.41, 5.74) is 2.24. The van der Waals surface area contributed by atoms with Crippen LogP contribution in [0.15, 0.2) is 132 Å². The minimum atomic E-state index is -3.97. The van der Waals surface area contributed by atoms with Crippen molar-refractivity contribution in [3.8, 4) is 5.75 Å². The summed E-state index contributed by atoms with van der Waals surface area (Å²) < 4.78 is 47.1. The zero-order valence-electron chi connectivity index (χ0n) is 25.4. The zero-order chi connectivity index (χ0) is 34.1. The molecule has 8 nitrogen and oxygen atoms in total. The molecule has 48 heavy (non-hydrogen) atoms. The van der Waals surface area contributed by atoms with Gasteiger partial charge in [-0.25, -0.2) is 12.8 Å². The van der Waals surface area contributed by atoms with Crippen molar-refractivity contribution in [1.82, 2.24) is 10.2 Å². The van der Waals surface area contributed by atoms with Gasteiger partial charge in [0.1, 0.15) is 17.6 Å². The summed E-state index contributed by atoms with van der Waals surface area (Å²) >= 11 is 12.4. The van der Waals surface area contributed by atoms with Crippen LogP contribution in [-0.2, 0) is 32.7 Å². The van der Waals surface area contributed by atoms with Gasteiger partial charge in [-0.05, 0) is 83.4 Å². The molecule has 0 aliphatic carbocycles. The summed E-state index contributed by atoms with van der Waals surface area (Å²) in [5, 5.41) is 3.95. The first-order valence-electron chi connectivity index (χ1n) is 14.7. The van der Waals surface area contributed by atoms with E-state index in [0.29, 0.717) is 15.6 Å². The van der Waals surface area contributed by atoms with Crippen LogP contribution in [0.5, 0.6) is 5.75 Å². The van der Waals surface area contributed by atoms with E-state index < -0.39 is 40.3 Å². The Kier molecular flexibility index (Phi) is 11.3. The van der Waals surface area contributed by atoms with Gasteiger partial charge in [0.25, 0.3) is 15.9 Å². The number of anilines is 1. The van der Waals surface area contributed by atoms with Gasteiger partial charge in [-0.1, -0.05) is 83.9 Å². The van der Waals surface area contributed by atoms with E-state index in [1.165, 1.54) is 41.3 Å². The summed E-state index contributed by atoms with van der Waals surface area (Å²) in [4.78, 5) is 29.2. The lowest BCUT2D eigenvalue weighted by Gasteiger charge is -2.31. The maximum absolute atomic E-state index is 13.9. The van der Waals surface area contributed by atoms with Gasteiger partial charge in [-0.2, -0.15) is 0 Å². The number of carbonyl (C=O) groups is 2. The molecule has 0 aliphatic rings. The molecule has 0 spiro atoms. The van der Waals surface area contributed by atoms with E-state index in [1.807, 2.05) is 12.1 Å². The van der Waals surface area contributed by atoms with Crippen molar-refractivity contribution in [2.75, 3.05) is 11.3 Å². The van der Waals surface area contributed by atoms with Crippen LogP contribution >= 0.6 is 23.2 Å². The topological polar surface area (TPSA) is 105 Å². The number of benzene rings is 5. The number of amides is 2. The zero-order valence-corrected chi connectivity index (χ0v) is 27.7. The molecule has 0 aromatic heterocycles. The smallest absolute Gasteiger partial charge is 0.261 e. The van der Waals surface area contributed by atoms with Gasteiger partial charge in [0.15, 0.2) is 6.61 Å². The average molecular weight is 707 g/mol. The van der Waals surface area contributed by atoms with Crippen LogP contribution in [0.2, 0.25) is 10.0 Å². The molecule has 0 aliphatic heterocycles. The fraction of sp³-hybridized carbons (Fsp3) is 0.111. The highest BCUT2D eigenvalue weighted by atomic mass is 35.5. The second-order valence-electron chi connectivity index (χ2n) is 10.6. The second kappa shape index (κ2) is 15.8. The highest BCUT2D eigenvalue weighted by molar-refractivity contribution is 7.92. The summed E-state index contributed by atoms with van der Waals surface area (Å²) in [6, 6.07) is 32.4. The van der Waals surface area contributed by atoms with Crippen molar-refractivity contribution in [3.63, 3.8) is 0 Å². The van der Waals surface area contributed by atoms with Crippen LogP contribution in [0.1, 0.15) is 22.7 Å². The summed E-state index contributed by atoms with van der Waals surface area (Å²) in [5.74, 6) is -1.18. The van der Waals surface area contributed by atoms with Crippen LogP contribution < -0.4 is 14.8 Å². The summed E-state index contributed by atoms with van der Waals surface area (Å²) in [7, 11) is -3.97. The normalized spacial score (nSPS) is 11.7. The number of hydrogen-bond acceptors (Lipinski definition) is 5. The molecule has 0 radical (unpaired) electrons. The predicted molar refractivity (Wildman–Crippen MR) is 184 cm³/mol. The minimum Gasteiger partial charge on any atom is -0.484 e. The average Bonchev–Trinajstić information content (AvgIpc) is 3.09. The predicted octanol–water partition coefficient (Wildman–Crippen LogP) is 7.40. The number of rotatable bonds is 13. The molecule has 5 aromatic rings. The number of hydrogen-bond donors (Lipinski definition) is 2. The lowest BCUT2D eigenvalue weighted by molar-refractivity contribution is -0.143. The molecular weight excluding hydrogens is 676 g/mol. The quantitative estimate of drug-likeness (QED) is 0.133. The molecule has 0 saturated carbocycles. The largest absolute Gasteiger partial charge is 0.484 e. The van der Waals surface area contributed by atoms with E-state index in [0.717, 1.165) is 23.3 Å². The van der Waals surface area contributed by atoms with Gasteiger partial charge in [-0.15, -0.1) is 0 Å². The van der Waals surface area contributed by atoms with E-state index in [9.17, 15) is 22.4 Å². The van der Waals surface area contributed by atoms with Gasteiger partial charge in [0, 0.05) is 28.8 Å². The van der Waals surface area contributed by atoms with Crippen molar-refractivity contribution in [3.05, 3.63) is 160 Å². The first-order chi connectivity index (χ1) is 23.1. The third-order valence-corrected chi connectivity index (χ3v) is 9.28. The third-order valence-electron chi connectivity index (χ3n) is 7.27. The second-order valence-corrected chi connectivity index (χ2v) is 13.2. The van der Waals surface area contributed by atoms with Crippen molar-refractivity contribution in [2.45, 2.75) is 24.0 Å². The van der Waals surface area contributed by atoms with Crippen molar-refractivity contribution >= 4 is 50.7 Å². The highest BCUT2D eigenvalue weighted by Crippen LogP contribution is 2.26. The number of nitrogens with zero attached hydrogens (tertiary/aromatic N) is 1. The maximum atomic E-state index is 13.9. The lowest BCUT2D eigenvalue weighted by Crippen LogP contribution is -2.45. The lowest BCUT2D eigenvalue weighted by atomic mass is 10.0. The third kappa shape index (κ3) is 9.13. The van der Waals surface area contributed by atoms with E-state index in [4.69, 9.17) is 27.9 Å². The van der Waals surface area contributed by atoms with E-state index in [-0.39, 0.29) is 29.4 Å². The molecule has 1 atom stereocenters. The Morgan fingerprint density at radius 2 is 1.44 bits per heavy atom. The monoisotopic (exact) mass is 705 g/mol. The SMILES string of the molecule is O=C(NCc1ccccc1Cl)C(c1ccccc1)N(Cc1ccc(Cl)cc1)C(=O)COc1ccc(S(=O)(=O)Nc2ccc(F)cc2)cc1. The first kappa shape index (κ1) is 34.4. The molecule has 0 bridgehead atoms. The van der Waals surface area contributed by atoms with Gasteiger partial charge >= 0.3 is 0 Å². The van der Waals surface area contributed by atoms with Crippen LogP contribution in [-0.4, -0.2) is 31.7 Å². The summed E-state index contributed by atoms with van der Waals surface area (Å²) in [6.45, 7) is -0.244. The molecule has 5 aromatic carbocycles. The van der Waals surface area contributed by atoms with Crippen LogP contribution in [0.4, 0.5) is 10.1 Å². The molecule has 2 amide bonds. The Morgan fingerprint density at radius 1 is 0.792 bits per heavy atom.